The molecule has 2 aromatic carbocycles. The summed E-state index contributed by atoms with van der Waals surface area (Å²) < 4.78 is 0. The van der Waals surface area contributed by atoms with Gasteiger partial charge >= 0.3 is 0 Å². The minimum atomic E-state index is 0.448. The molecule has 0 amide bonds. The van der Waals surface area contributed by atoms with E-state index in [1.54, 1.807) is 6.20 Å². The highest BCUT2D eigenvalue weighted by Crippen LogP contribution is 2.24. The summed E-state index contributed by atoms with van der Waals surface area (Å²) in [4.78, 5) is 7.04. The van der Waals surface area contributed by atoms with Gasteiger partial charge in [-0.05, 0) is 23.8 Å². The van der Waals surface area contributed by atoms with Crippen LogP contribution in [0.1, 0.15) is 5.56 Å². The van der Waals surface area contributed by atoms with Crippen molar-refractivity contribution in [2.24, 2.45) is 0 Å². The van der Waals surface area contributed by atoms with Gasteiger partial charge in [0.05, 0.1) is 11.9 Å². The van der Waals surface area contributed by atoms with Crippen LogP contribution in [0.15, 0.2) is 42.6 Å². The van der Waals surface area contributed by atoms with Crippen molar-refractivity contribution < 1.29 is 0 Å². The Bertz CT molecular complexity index is 683. The Hall–Kier alpha value is -2.29. The van der Waals surface area contributed by atoms with Crippen molar-refractivity contribution in [2.75, 3.05) is 5.73 Å². The molecule has 1 heterocycles. The molecule has 0 aliphatic rings. The molecule has 3 nitrogen and oxygen atoms in total. The predicted octanol–water partition coefficient (Wildman–Crippen LogP) is 3.12. The van der Waals surface area contributed by atoms with E-state index in [1.165, 1.54) is 16.3 Å². The second-order valence-corrected chi connectivity index (χ2v) is 4.25. The number of aromatic amines is 1. The maximum absolute atomic E-state index is 5.58. The van der Waals surface area contributed by atoms with E-state index in [-0.39, 0.29) is 0 Å². The first-order chi connectivity index (χ1) is 8.22. The van der Waals surface area contributed by atoms with Crippen LogP contribution in [0.5, 0.6) is 0 Å². The van der Waals surface area contributed by atoms with Gasteiger partial charge in [0.25, 0.3) is 0 Å². The zero-order chi connectivity index (χ0) is 11.8. The summed E-state index contributed by atoms with van der Waals surface area (Å²) in [6.45, 7) is 2.10. The van der Waals surface area contributed by atoms with Gasteiger partial charge in [-0.25, -0.2) is 4.98 Å². The SMILES string of the molecule is Cc1ccc2cc(-c3cnc(N)[nH]3)ccc2c1. The number of hydrogen-bond donors (Lipinski definition) is 2. The summed E-state index contributed by atoms with van der Waals surface area (Å²) in [7, 11) is 0. The van der Waals surface area contributed by atoms with E-state index in [9.17, 15) is 0 Å². The third kappa shape index (κ3) is 1.76. The number of nitrogens with one attached hydrogen (secondary N) is 1. The van der Waals surface area contributed by atoms with Gasteiger partial charge in [0.15, 0.2) is 5.95 Å². The average molecular weight is 223 g/mol. The van der Waals surface area contributed by atoms with Crippen LogP contribution in [0.3, 0.4) is 0 Å². The highest BCUT2D eigenvalue weighted by molar-refractivity contribution is 5.87. The van der Waals surface area contributed by atoms with Crippen LogP contribution in [0.2, 0.25) is 0 Å². The molecule has 0 unspecified atom stereocenters. The number of H-pyrrole nitrogens is 1. The number of aromatic nitrogens is 2. The summed E-state index contributed by atoms with van der Waals surface area (Å²) in [5.74, 6) is 0.448. The van der Waals surface area contributed by atoms with Crippen molar-refractivity contribution in [3.8, 4) is 11.3 Å². The molecule has 0 aliphatic carbocycles. The summed E-state index contributed by atoms with van der Waals surface area (Å²) in [5, 5.41) is 2.47. The molecule has 17 heavy (non-hydrogen) atoms. The van der Waals surface area contributed by atoms with Crippen LogP contribution < -0.4 is 5.73 Å². The van der Waals surface area contributed by atoms with E-state index >= 15 is 0 Å². The molecule has 0 spiro atoms. The molecule has 0 aliphatic heterocycles. The second kappa shape index (κ2) is 3.63. The Balaban J connectivity index is 2.16. The fourth-order valence-corrected chi connectivity index (χ4v) is 2.02. The summed E-state index contributed by atoms with van der Waals surface area (Å²) in [6.07, 6.45) is 1.75. The summed E-state index contributed by atoms with van der Waals surface area (Å²) in [5.41, 5.74) is 8.91. The van der Waals surface area contributed by atoms with Gasteiger partial charge in [-0.3, -0.25) is 0 Å². The van der Waals surface area contributed by atoms with Crippen LogP contribution in [0.25, 0.3) is 22.0 Å². The quantitative estimate of drug-likeness (QED) is 0.666. The standard InChI is InChI=1S/C14H13N3/c1-9-2-3-11-7-12(5-4-10(11)6-9)13-8-16-14(15)17-13/h2-8H,1H3,(H3,15,16,17). The third-order valence-corrected chi connectivity index (χ3v) is 2.90. The minimum absolute atomic E-state index is 0.448. The van der Waals surface area contributed by atoms with E-state index in [0.29, 0.717) is 5.95 Å². The first-order valence-electron chi connectivity index (χ1n) is 5.54. The maximum Gasteiger partial charge on any atom is 0.197 e. The summed E-state index contributed by atoms with van der Waals surface area (Å²) in [6, 6.07) is 12.8. The van der Waals surface area contributed by atoms with E-state index < -0.39 is 0 Å². The van der Waals surface area contributed by atoms with E-state index in [0.717, 1.165) is 11.3 Å². The lowest BCUT2D eigenvalue weighted by atomic mass is 10.0. The lowest BCUT2D eigenvalue weighted by molar-refractivity contribution is 1.33. The predicted molar refractivity (Wildman–Crippen MR) is 70.7 cm³/mol. The molecule has 84 valence electrons. The molecule has 0 bridgehead atoms. The average Bonchev–Trinajstić information content (AvgIpc) is 2.75. The number of hydrogen-bond acceptors (Lipinski definition) is 2. The van der Waals surface area contributed by atoms with Crippen molar-refractivity contribution in [2.45, 2.75) is 6.92 Å². The molecule has 3 N–H and O–H groups in total. The third-order valence-electron chi connectivity index (χ3n) is 2.90. The topological polar surface area (TPSA) is 54.7 Å². The first kappa shape index (κ1) is 9.90. The number of nitrogens with two attached hydrogens (primary N) is 1. The van der Waals surface area contributed by atoms with Gasteiger partial charge in [-0.1, -0.05) is 35.9 Å². The number of benzene rings is 2. The van der Waals surface area contributed by atoms with Gasteiger partial charge in [-0.2, -0.15) is 0 Å². The monoisotopic (exact) mass is 223 g/mol. The molecule has 1 aromatic heterocycles. The van der Waals surface area contributed by atoms with Gasteiger partial charge in [0.1, 0.15) is 0 Å². The van der Waals surface area contributed by atoms with Gasteiger partial charge < -0.3 is 10.7 Å². The highest BCUT2D eigenvalue weighted by atomic mass is 15.0. The van der Waals surface area contributed by atoms with Crippen LogP contribution >= 0.6 is 0 Å². The smallest absolute Gasteiger partial charge is 0.197 e. The van der Waals surface area contributed by atoms with Gasteiger partial charge in [0, 0.05) is 5.56 Å². The Labute approximate surface area is 99.3 Å². The highest BCUT2D eigenvalue weighted by Gasteiger charge is 2.02. The lowest BCUT2D eigenvalue weighted by Crippen LogP contribution is -1.85. The Morgan fingerprint density at radius 2 is 1.82 bits per heavy atom. The lowest BCUT2D eigenvalue weighted by Gasteiger charge is -2.02. The first-order valence-corrected chi connectivity index (χ1v) is 5.54. The van der Waals surface area contributed by atoms with E-state index in [1.807, 2.05) is 0 Å². The zero-order valence-corrected chi connectivity index (χ0v) is 9.57. The molecular weight excluding hydrogens is 210 g/mol. The van der Waals surface area contributed by atoms with Crippen LogP contribution in [-0.4, -0.2) is 9.97 Å². The van der Waals surface area contributed by atoms with Crippen molar-refractivity contribution >= 4 is 16.7 Å². The van der Waals surface area contributed by atoms with Crippen LogP contribution in [0, 0.1) is 6.92 Å². The molecule has 0 saturated carbocycles. The number of nitrogen functional groups attached to an aromatic ring is 1. The van der Waals surface area contributed by atoms with Gasteiger partial charge in [-0.15, -0.1) is 0 Å². The number of aryl methyl sites for hydroxylation is 1. The van der Waals surface area contributed by atoms with Crippen molar-refractivity contribution in [1.29, 1.82) is 0 Å². The fraction of sp³-hybridized carbons (Fsp3) is 0.0714. The Morgan fingerprint density at radius 3 is 2.59 bits per heavy atom. The minimum Gasteiger partial charge on any atom is -0.369 e. The van der Waals surface area contributed by atoms with E-state index in [4.69, 9.17) is 5.73 Å². The van der Waals surface area contributed by atoms with Gasteiger partial charge in [0.2, 0.25) is 0 Å². The largest absolute Gasteiger partial charge is 0.369 e. The van der Waals surface area contributed by atoms with E-state index in [2.05, 4.69) is 53.3 Å². The number of nitrogens with zero attached hydrogens (tertiary/aromatic N) is 1. The molecule has 3 aromatic rings. The van der Waals surface area contributed by atoms with Crippen molar-refractivity contribution in [3.05, 3.63) is 48.2 Å². The number of anilines is 1. The maximum atomic E-state index is 5.58. The zero-order valence-electron chi connectivity index (χ0n) is 9.57. The molecule has 0 atom stereocenters. The second-order valence-electron chi connectivity index (χ2n) is 4.25. The normalized spacial score (nSPS) is 10.9. The molecule has 3 rings (SSSR count). The van der Waals surface area contributed by atoms with Crippen LogP contribution in [-0.2, 0) is 0 Å². The molecule has 0 fully saturated rings. The number of rotatable bonds is 1. The number of imidazole rings is 1. The van der Waals surface area contributed by atoms with Crippen LogP contribution in [0.4, 0.5) is 5.95 Å². The number of fused-ring (bicyclic) bond motifs is 1. The Morgan fingerprint density at radius 1 is 1.06 bits per heavy atom. The van der Waals surface area contributed by atoms with Crippen molar-refractivity contribution in [3.63, 3.8) is 0 Å². The fourth-order valence-electron chi connectivity index (χ4n) is 2.02. The Kier molecular flexibility index (Phi) is 2.11. The van der Waals surface area contributed by atoms with Crippen molar-refractivity contribution in [1.82, 2.24) is 9.97 Å². The summed E-state index contributed by atoms with van der Waals surface area (Å²) >= 11 is 0. The molecule has 0 radical (unpaired) electrons. The molecule has 3 heteroatoms. The molecular formula is C14H13N3. The molecule has 0 saturated heterocycles.